The van der Waals surface area contributed by atoms with Gasteiger partial charge in [0.15, 0.2) is 11.3 Å². The van der Waals surface area contributed by atoms with E-state index in [1.807, 2.05) is 56.3 Å². The Bertz CT molecular complexity index is 1520. The maximum atomic E-state index is 11.7. The maximum Gasteiger partial charge on any atom is 0.356 e. The molecule has 3 heterocycles. The van der Waals surface area contributed by atoms with Crippen LogP contribution in [0.1, 0.15) is 34.6 Å². The van der Waals surface area contributed by atoms with E-state index in [-0.39, 0.29) is 16.9 Å². The number of furan rings is 1. The summed E-state index contributed by atoms with van der Waals surface area (Å²) < 4.78 is 6.38. The van der Waals surface area contributed by atoms with Crippen molar-refractivity contribution in [2.45, 2.75) is 19.9 Å². The first-order chi connectivity index (χ1) is 15.9. The number of aromatic carboxylic acids is 1. The second-order valence-corrected chi connectivity index (χ2v) is 8.22. The van der Waals surface area contributed by atoms with Crippen LogP contribution in [0.25, 0.3) is 33.2 Å². The average molecular weight is 459 g/mol. The van der Waals surface area contributed by atoms with Gasteiger partial charge in [0.1, 0.15) is 16.3 Å². The minimum Gasteiger partial charge on any atom is -0.476 e. The molecular formula is C25H19ClN4O3. The zero-order chi connectivity index (χ0) is 23.1. The minimum atomic E-state index is -1.16. The zero-order valence-electron chi connectivity index (χ0n) is 17.8. The number of halogens is 1. The van der Waals surface area contributed by atoms with Crippen molar-refractivity contribution in [2.24, 2.45) is 0 Å². The molecule has 0 saturated carbocycles. The number of anilines is 1. The molecule has 1 unspecified atom stereocenters. The van der Waals surface area contributed by atoms with Crippen LogP contribution < -0.4 is 5.32 Å². The monoisotopic (exact) mass is 458 g/mol. The summed E-state index contributed by atoms with van der Waals surface area (Å²) in [4.78, 5) is 15.6. The van der Waals surface area contributed by atoms with Gasteiger partial charge in [-0.15, -0.1) is 5.10 Å². The van der Waals surface area contributed by atoms with Gasteiger partial charge in [-0.05, 0) is 43.2 Å². The quantitative estimate of drug-likeness (QED) is 0.299. The molecule has 2 N–H and O–H groups in total. The van der Waals surface area contributed by atoms with Gasteiger partial charge in [-0.25, -0.2) is 9.78 Å². The predicted octanol–water partition coefficient (Wildman–Crippen LogP) is 6.27. The molecule has 5 rings (SSSR count). The Balaban J connectivity index is 1.66. The van der Waals surface area contributed by atoms with E-state index in [2.05, 4.69) is 20.5 Å². The molecule has 164 valence electrons. The van der Waals surface area contributed by atoms with Gasteiger partial charge in [-0.2, -0.15) is 5.10 Å². The lowest BCUT2D eigenvalue weighted by atomic mass is 10.0. The van der Waals surface area contributed by atoms with E-state index in [9.17, 15) is 9.90 Å². The molecule has 33 heavy (non-hydrogen) atoms. The third kappa shape index (κ3) is 3.76. The van der Waals surface area contributed by atoms with E-state index in [1.54, 1.807) is 18.3 Å². The highest BCUT2D eigenvalue weighted by Gasteiger charge is 2.21. The number of aryl methyl sites for hydroxylation is 1. The fourth-order valence-corrected chi connectivity index (χ4v) is 4.17. The summed E-state index contributed by atoms with van der Waals surface area (Å²) in [6, 6.07) is 16.8. The van der Waals surface area contributed by atoms with Crippen LogP contribution in [0.4, 0.5) is 5.69 Å². The van der Waals surface area contributed by atoms with Crippen LogP contribution >= 0.6 is 11.6 Å². The summed E-state index contributed by atoms with van der Waals surface area (Å²) in [5.74, 6) is -1.16. The van der Waals surface area contributed by atoms with Crippen LogP contribution in [0.2, 0.25) is 5.15 Å². The van der Waals surface area contributed by atoms with Gasteiger partial charge in [0.2, 0.25) is 0 Å². The van der Waals surface area contributed by atoms with Crippen LogP contribution in [0.15, 0.2) is 65.2 Å². The third-order valence-electron chi connectivity index (χ3n) is 5.51. The fourth-order valence-electron chi connectivity index (χ4n) is 4.02. The molecule has 0 aliphatic heterocycles. The smallest absolute Gasteiger partial charge is 0.356 e. The Morgan fingerprint density at radius 2 is 1.91 bits per heavy atom. The first kappa shape index (κ1) is 20.9. The summed E-state index contributed by atoms with van der Waals surface area (Å²) in [7, 11) is 0. The summed E-state index contributed by atoms with van der Waals surface area (Å²) in [5.41, 5.74) is 5.98. The van der Waals surface area contributed by atoms with Gasteiger partial charge in [0, 0.05) is 16.5 Å². The molecule has 0 aliphatic rings. The number of hydrogen-bond donors (Lipinski definition) is 2. The summed E-state index contributed by atoms with van der Waals surface area (Å²) in [5, 5.41) is 22.3. The van der Waals surface area contributed by atoms with E-state index < -0.39 is 5.97 Å². The number of rotatable bonds is 5. The van der Waals surface area contributed by atoms with Gasteiger partial charge in [-0.1, -0.05) is 48.0 Å². The summed E-state index contributed by atoms with van der Waals surface area (Å²) in [6.07, 6.45) is 1.70. The second-order valence-electron chi connectivity index (χ2n) is 7.84. The molecule has 5 aromatic rings. The van der Waals surface area contributed by atoms with E-state index in [4.69, 9.17) is 16.0 Å². The predicted molar refractivity (Wildman–Crippen MR) is 128 cm³/mol. The molecule has 7 nitrogen and oxygen atoms in total. The van der Waals surface area contributed by atoms with Crippen LogP contribution in [0, 0.1) is 6.92 Å². The Morgan fingerprint density at radius 1 is 1.12 bits per heavy atom. The largest absolute Gasteiger partial charge is 0.476 e. The molecule has 1 atom stereocenters. The molecule has 0 fully saturated rings. The molecule has 0 amide bonds. The van der Waals surface area contributed by atoms with Crippen LogP contribution in [-0.4, -0.2) is 26.3 Å². The van der Waals surface area contributed by atoms with Gasteiger partial charge in [0.25, 0.3) is 0 Å². The maximum absolute atomic E-state index is 11.7. The van der Waals surface area contributed by atoms with Crippen molar-refractivity contribution < 1.29 is 14.3 Å². The minimum absolute atomic E-state index is 0.118. The number of nitrogens with one attached hydrogen (secondary N) is 1. The molecule has 0 aliphatic carbocycles. The molecule has 3 aromatic heterocycles. The van der Waals surface area contributed by atoms with Crippen molar-refractivity contribution >= 4 is 45.3 Å². The molecule has 8 heteroatoms. The van der Waals surface area contributed by atoms with E-state index >= 15 is 0 Å². The van der Waals surface area contributed by atoms with Gasteiger partial charge < -0.3 is 14.8 Å². The summed E-state index contributed by atoms with van der Waals surface area (Å²) >= 11 is 5.89. The highest BCUT2D eigenvalue weighted by molar-refractivity contribution is 6.29. The van der Waals surface area contributed by atoms with E-state index in [1.165, 1.54) is 0 Å². The van der Waals surface area contributed by atoms with Crippen molar-refractivity contribution in [3.63, 3.8) is 0 Å². The van der Waals surface area contributed by atoms with E-state index in [0.29, 0.717) is 22.4 Å². The van der Waals surface area contributed by atoms with Crippen LogP contribution in [0.3, 0.4) is 0 Å². The highest BCUT2D eigenvalue weighted by Crippen LogP contribution is 2.38. The number of hydrogen-bond acceptors (Lipinski definition) is 6. The Hall–Kier alpha value is -3.97. The van der Waals surface area contributed by atoms with Gasteiger partial charge in [-0.3, -0.25) is 0 Å². The Labute approximate surface area is 194 Å². The number of pyridine rings is 1. The number of carboxylic acid groups (broad SMARTS) is 1. The number of nitrogens with zero attached hydrogens (tertiary/aromatic N) is 3. The number of fused-ring (bicyclic) bond motifs is 3. The number of aromatic nitrogens is 3. The number of carboxylic acids is 1. The second kappa shape index (κ2) is 8.18. The number of benzene rings is 2. The topological polar surface area (TPSA) is 101 Å². The van der Waals surface area contributed by atoms with Crippen molar-refractivity contribution in [3.8, 4) is 11.1 Å². The normalized spacial score (nSPS) is 12.2. The van der Waals surface area contributed by atoms with Gasteiger partial charge >= 0.3 is 5.97 Å². The molecule has 2 aromatic carbocycles. The summed E-state index contributed by atoms with van der Waals surface area (Å²) in [6.45, 7) is 3.93. The first-order valence-corrected chi connectivity index (χ1v) is 10.7. The fraction of sp³-hybridized carbons (Fsp3) is 0.120. The standard InChI is InChI=1S/C25H19ClN4O3/c1-13-10-16(14(2)28-19-8-9-20(26)29-22(19)25(31)32)23-17(11-13)21-24(33-23)18(12-27-30-21)15-6-4-3-5-7-15/h3-12,14,28H,1-2H3,(H,31,32). The van der Waals surface area contributed by atoms with Crippen LogP contribution in [-0.2, 0) is 0 Å². The van der Waals surface area contributed by atoms with Crippen molar-refractivity contribution in [2.75, 3.05) is 5.32 Å². The highest BCUT2D eigenvalue weighted by atomic mass is 35.5. The van der Waals surface area contributed by atoms with Crippen LogP contribution in [0.5, 0.6) is 0 Å². The van der Waals surface area contributed by atoms with Crippen molar-refractivity contribution in [3.05, 3.63) is 82.8 Å². The van der Waals surface area contributed by atoms with E-state index in [0.717, 1.165) is 27.6 Å². The average Bonchev–Trinajstić information content (AvgIpc) is 3.18. The Kier molecular flexibility index (Phi) is 5.18. The molecule has 0 radical (unpaired) electrons. The van der Waals surface area contributed by atoms with Crippen molar-refractivity contribution in [1.82, 2.24) is 15.2 Å². The zero-order valence-corrected chi connectivity index (χ0v) is 18.6. The first-order valence-electron chi connectivity index (χ1n) is 10.3. The molecule has 0 bridgehead atoms. The molecule has 0 saturated heterocycles. The lowest BCUT2D eigenvalue weighted by Crippen LogP contribution is -2.12. The lowest BCUT2D eigenvalue weighted by Gasteiger charge is -2.18. The van der Waals surface area contributed by atoms with Gasteiger partial charge in [0.05, 0.1) is 17.9 Å². The van der Waals surface area contributed by atoms with Crippen molar-refractivity contribution in [1.29, 1.82) is 0 Å². The number of carbonyl (C=O) groups is 1. The third-order valence-corrected chi connectivity index (χ3v) is 5.72. The molecule has 0 spiro atoms. The lowest BCUT2D eigenvalue weighted by molar-refractivity contribution is 0.0691. The SMILES string of the molecule is Cc1cc(C(C)Nc2ccc(Cl)nc2C(=O)O)c2oc3c(-c4ccccc4)cnnc3c2c1. The Morgan fingerprint density at radius 3 is 2.67 bits per heavy atom. The molecular weight excluding hydrogens is 440 g/mol.